The van der Waals surface area contributed by atoms with Crippen molar-refractivity contribution in [2.75, 3.05) is 0 Å². The number of carbonyl (C=O) groups is 1. The first-order valence-electron chi connectivity index (χ1n) is 6.99. The lowest BCUT2D eigenvalue weighted by Crippen LogP contribution is -2.16. The van der Waals surface area contributed by atoms with Crippen LogP contribution in [0.25, 0.3) is 10.8 Å². The van der Waals surface area contributed by atoms with Gasteiger partial charge in [-0.05, 0) is 72.2 Å². The molecule has 98 valence electrons. The summed E-state index contributed by atoms with van der Waals surface area (Å²) in [5.41, 5.74) is 7.40. The van der Waals surface area contributed by atoms with E-state index in [9.17, 15) is 4.79 Å². The third kappa shape index (κ3) is 1.57. The van der Waals surface area contributed by atoms with E-state index in [0.29, 0.717) is 18.1 Å². The van der Waals surface area contributed by atoms with Crippen LogP contribution in [-0.2, 0) is 0 Å². The molecule has 0 saturated heterocycles. The molecule has 0 spiro atoms. The van der Waals surface area contributed by atoms with Gasteiger partial charge in [0.1, 0.15) is 0 Å². The van der Waals surface area contributed by atoms with E-state index in [-0.39, 0.29) is 0 Å². The summed E-state index contributed by atoms with van der Waals surface area (Å²) in [6.07, 6.45) is 0.649. The maximum atomic E-state index is 12.4. The van der Waals surface area contributed by atoms with Gasteiger partial charge in [0.15, 0.2) is 5.78 Å². The monoisotopic (exact) mass is 252 g/mol. The quantitative estimate of drug-likeness (QED) is 0.660. The van der Waals surface area contributed by atoms with Crippen LogP contribution in [0.2, 0.25) is 0 Å². The Morgan fingerprint density at radius 3 is 2.11 bits per heavy atom. The molecule has 1 aliphatic rings. The Labute approximate surface area is 114 Å². The minimum atomic E-state index is 0.313. The second kappa shape index (κ2) is 3.93. The Balaban J connectivity index is 2.64. The fourth-order valence-corrected chi connectivity index (χ4v) is 3.91. The maximum Gasteiger partial charge on any atom is 0.164 e. The first kappa shape index (κ1) is 12.4. The molecule has 0 bridgehead atoms. The molecule has 1 atom stereocenters. The number of hydrogen-bond donors (Lipinski definition) is 0. The molecule has 19 heavy (non-hydrogen) atoms. The van der Waals surface area contributed by atoms with Crippen molar-refractivity contribution in [1.82, 2.24) is 0 Å². The van der Waals surface area contributed by atoms with Crippen LogP contribution < -0.4 is 0 Å². The Kier molecular flexibility index (Phi) is 2.57. The Bertz CT molecular complexity index is 714. The number of benzene rings is 2. The molecule has 1 unspecified atom stereocenters. The number of aryl methyl sites for hydroxylation is 4. The molecule has 1 heteroatoms. The molecule has 0 aromatic heterocycles. The second-order valence-electron chi connectivity index (χ2n) is 6.09. The Morgan fingerprint density at radius 2 is 1.47 bits per heavy atom. The number of hydrogen-bond acceptors (Lipinski definition) is 1. The SMILES string of the molecule is Cc1cc(C)c2c(C)cc(C)c3c2c1C(=O)CC3C. The molecular formula is C18H20O. The predicted octanol–water partition coefficient (Wildman–Crippen LogP) is 4.76. The van der Waals surface area contributed by atoms with E-state index in [1.54, 1.807) is 0 Å². The highest BCUT2D eigenvalue weighted by molar-refractivity contribution is 6.14. The second-order valence-corrected chi connectivity index (χ2v) is 6.09. The standard InChI is InChI=1S/C18H20O/c1-9-6-10(2)16-13(5)8-14(19)17-12(4)7-11(3)15(9)18(16)17/h6-7,13H,8H2,1-5H3. The highest BCUT2D eigenvalue weighted by atomic mass is 16.1. The van der Waals surface area contributed by atoms with Crippen LogP contribution >= 0.6 is 0 Å². The van der Waals surface area contributed by atoms with Gasteiger partial charge in [-0.3, -0.25) is 4.79 Å². The lowest BCUT2D eigenvalue weighted by molar-refractivity contribution is 0.0973. The zero-order valence-electron chi connectivity index (χ0n) is 12.3. The third-order valence-electron chi connectivity index (χ3n) is 4.51. The van der Waals surface area contributed by atoms with Crippen LogP contribution in [0.15, 0.2) is 12.1 Å². The largest absolute Gasteiger partial charge is 0.294 e. The van der Waals surface area contributed by atoms with Gasteiger partial charge in [-0.15, -0.1) is 0 Å². The number of Topliss-reactive ketones (excluding diaryl/α,β-unsaturated/α-hetero) is 1. The van der Waals surface area contributed by atoms with Gasteiger partial charge in [-0.2, -0.15) is 0 Å². The summed E-state index contributed by atoms with van der Waals surface area (Å²) in [5, 5.41) is 2.53. The molecule has 0 saturated carbocycles. The first-order chi connectivity index (χ1) is 8.91. The average molecular weight is 252 g/mol. The average Bonchev–Trinajstić information content (AvgIpc) is 2.25. The van der Waals surface area contributed by atoms with E-state index in [1.807, 2.05) is 0 Å². The summed E-state index contributed by atoms with van der Waals surface area (Å²) >= 11 is 0. The molecule has 0 aliphatic heterocycles. The summed E-state index contributed by atoms with van der Waals surface area (Å²) in [6, 6.07) is 4.44. The van der Waals surface area contributed by atoms with Crippen molar-refractivity contribution < 1.29 is 4.79 Å². The van der Waals surface area contributed by atoms with E-state index >= 15 is 0 Å². The smallest absolute Gasteiger partial charge is 0.164 e. The van der Waals surface area contributed by atoms with Gasteiger partial charge < -0.3 is 0 Å². The van der Waals surface area contributed by atoms with E-state index in [1.165, 1.54) is 33.0 Å². The number of ketones is 1. The minimum Gasteiger partial charge on any atom is -0.294 e. The lowest BCUT2D eigenvalue weighted by atomic mass is 9.76. The van der Waals surface area contributed by atoms with Crippen molar-refractivity contribution in [3.8, 4) is 0 Å². The summed E-state index contributed by atoms with van der Waals surface area (Å²) in [7, 11) is 0. The van der Waals surface area contributed by atoms with Crippen molar-refractivity contribution in [3.63, 3.8) is 0 Å². The van der Waals surface area contributed by atoms with Crippen LogP contribution in [0.4, 0.5) is 0 Å². The lowest BCUT2D eigenvalue weighted by Gasteiger charge is -2.27. The van der Waals surface area contributed by atoms with Gasteiger partial charge in [0, 0.05) is 12.0 Å². The van der Waals surface area contributed by atoms with Crippen LogP contribution in [0.1, 0.15) is 57.4 Å². The molecule has 2 aromatic rings. The van der Waals surface area contributed by atoms with Gasteiger partial charge in [-0.25, -0.2) is 0 Å². The minimum absolute atomic E-state index is 0.313. The van der Waals surface area contributed by atoms with Crippen molar-refractivity contribution >= 4 is 16.6 Å². The summed E-state index contributed by atoms with van der Waals surface area (Å²) in [6.45, 7) is 10.7. The molecule has 2 aromatic carbocycles. The normalized spacial score (nSPS) is 18.2. The highest BCUT2D eigenvalue weighted by Crippen LogP contribution is 2.42. The molecule has 0 heterocycles. The third-order valence-corrected chi connectivity index (χ3v) is 4.51. The Morgan fingerprint density at radius 1 is 0.895 bits per heavy atom. The van der Waals surface area contributed by atoms with E-state index in [4.69, 9.17) is 0 Å². The molecule has 3 rings (SSSR count). The number of carbonyl (C=O) groups excluding carboxylic acids is 1. The molecule has 1 aliphatic carbocycles. The van der Waals surface area contributed by atoms with Crippen molar-refractivity contribution in [1.29, 1.82) is 0 Å². The van der Waals surface area contributed by atoms with Gasteiger partial charge in [-0.1, -0.05) is 19.1 Å². The van der Waals surface area contributed by atoms with Crippen LogP contribution in [0, 0.1) is 27.7 Å². The zero-order chi connectivity index (χ0) is 13.9. The molecule has 1 nitrogen and oxygen atoms in total. The van der Waals surface area contributed by atoms with Crippen molar-refractivity contribution in [2.45, 2.75) is 47.0 Å². The van der Waals surface area contributed by atoms with Gasteiger partial charge in [0.25, 0.3) is 0 Å². The van der Waals surface area contributed by atoms with Crippen LogP contribution in [0.3, 0.4) is 0 Å². The topological polar surface area (TPSA) is 17.1 Å². The van der Waals surface area contributed by atoms with Gasteiger partial charge >= 0.3 is 0 Å². The van der Waals surface area contributed by atoms with Crippen LogP contribution in [0.5, 0.6) is 0 Å². The van der Waals surface area contributed by atoms with Gasteiger partial charge in [0.05, 0.1) is 0 Å². The molecule has 0 N–H and O–H groups in total. The number of rotatable bonds is 0. The fourth-order valence-electron chi connectivity index (χ4n) is 3.91. The van der Waals surface area contributed by atoms with Gasteiger partial charge in [0.2, 0.25) is 0 Å². The predicted molar refractivity (Wildman–Crippen MR) is 80.3 cm³/mol. The fraction of sp³-hybridized carbons (Fsp3) is 0.389. The summed E-state index contributed by atoms with van der Waals surface area (Å²) < 4.78 is 0. The highest BCUT2D eigenvalue weighted by Gasteiger charge is 2.28. The summed E-state index contributed by atoms with van der Waals surface area (Å²) in [4.78, 5) is 12.4. The zero-order valence-corrected chi connectivity index (χ0v) is 12.3. The van der Waals surface area contributed by atoms with Crippen molar-refractivity contribution in [3.05, 3.63) is 45.5 Å². The van der Waals surface area contributed by atoms with Crippen LogP contribution in [-0.4, -0.2) is 5.78 Å². The molecular weight excluding hydrogens is 232 g/mol. The molecule has 0 radical (unpaired) electrons. The van der Waals surface area contributed by atoms with E-state index in [2.05, 4.69) is 46.8 Å². The van der Waals surface area contributed by atoms with Crippen molar-refractivity contribution in [2.24, 2.45) is 0 Å². The maximum absolute atomic E-state index is 12.4. The first-order valence-corrected chi connectivity index (χ1v) is 6.99. The molecule has 0 fully saturated rings. The van der Waals surface area contributed by atoms with E-state index in [0.717, 1.165) is 11.1 Å². The van der Waals surface area contributed by atoms with E-state index < -0.39 is 0 Å². The molecule has 0 amide bonds. The Hall–Kier alpha value is -1.63. The summed E-state index contributed by atoms with van der Waals surface area (Å²) in [5.74, 6) is 0.650.